The topological polar surface area (TPSA) is 38.8 Å². The van der Waals surface area contributed by atoms with E-state index in [4.69, 9.17) is 9.47 Å². The minimum Gasteiger partial charge on any atom is -0.484 e. The van der Waals surface area contributed by atoms with E-state index in [9.17, 15) is 4.79 Å². The lowest BCUT2D eigenvalue weighted by atomic mass is 10.1. The molecule has 1 heterocycles. The van der Waals surface area contributed by atoms with Crippen LogP contribution in [0, 0.1) is 0 Å². The smallest absolute Gasteiger partial charge is 0.414 e. The fourth-order valence-electron chi connectivity index (χ4n) is 3.25. The normalized spacial score (nSPS) is 11.8. The maximum atomic E-state index is 12.4. The van der Waals surface area contributed by atoms with Crippen molar-refractivity contribution < 1.29 is 14.3 Å². The number of nitrogens with zero attached hydrogens (tertiary/aromatic N) is 1. The molecule has 0 saturated carbocycles. The number of carbonyl (C=O) groups excluding carboxylic acids is 1. The van der Waals surface area contributed by atoms with Crippen molar-refractivity contribution in [3.8, 4) is 11.5 Å². The van der Waals surface area contributed by atoms with Gasteiger partial charge < -0.3 is 14.4 Å². The summed E-state index contributed by atoms with van der Waals surface area (Å²) in [5.74, 6) is 1.39. The van der Waals surface area contributed by atoms with E-state index in [1.165, 1.54) is 0 Å². The van der Waals surface area contributed by atoms with E-state index < -0.39 is 0 Å². The molecule has 0 aliphatic rings. The highest BCUT2D eigenvalue weighted by Crippen LogP contribution is 2.33. The summed E-state index contributed by atoms with van der Waals surface area (Å²) in [7, 11) is 1.74. The molecule has 0 saturated heterocycles. The number of amides is 1. The largest absolute Gasteiger partial charge is 0.484 e. The summed E-state index contributed by atoms with van der Waals surface area (Å²) in [6.07, 6.45) is 0.128. The fourth-order valence-corrected chi connectivity index (χ4v) is 4.04. The van der Waals surface area contributed by atoms with Gasteiger partial charge in [-0.25, -0.2) is 4.79 Å². The first-order valence-corrected chi connectivity index (χ1v) is 10.7. The molecule has 3 aromatic carbocycles. The predicted molar refractivity (Wildman–Crippen MR) is 121 cm³/mol. The van der Waals surface area contributed by atoms with Crippen molar-refractivity contribution in [2.24, 2.45) is 0 Å². The van der Waals surface area contributed by atoms with Gasteiger partial charge in [0, 0.05) is 30.3 Å². The van der Waals surface area contributed by atoms with Crippen LogP contribution in [0.1, 0.15) is 17.4 Å². The molecule has 0 radical (unpaired) electrons. The average molecular weight is 418 g/mol. The third-order valence-electron chi connectivity index (χ3n) is 4.87. The first-order valence-electron chi connectivity index (χ1n) is 9.86. The minimum atomic E-state index is -0.378. The van der Waals surface area contributed by atoms with Crippen molar-refractivity contribution in [1.29, 1.82) is 0 Å². The Kier molecular flexibility index (Phi) is 6.30. The number of ether oxygens (including phenoxy) is 2. The van der Waals surface area contributed by atoms with Gasteiger partial charge in [-0.1, -0.05) is 60.7 Å². The van der Waals surface area contributed by atoms with Gasteiger partial charge in [0.1, 0.15) is 17.6 Å². The molecular weight excluding hydrogens is 394 g/mol. The summed E-state index contributed by atoms with van der Waals surface area (Å²) in [6, 6.07) is 27.5. The molecule has 4 aromatic rings. The second-order valence-electron chi connectivity index (χ2n) is 6.99. The molecule has 4 nitrogen and oxygen atoms in total. The number of benzene rings is 3. The van der Waals surface area contributed by atoms with Crippen LogP contribution in [0.4, 0.5) is 4.79 Å². The van der Waals surface area contributed by atoms with E-state index in [2.05, 4.69) is 24.3 Å². The number of carbonyl (C=O) groups is 1. The highest BCUT2D eigenvalue weighted by Gasteiger charge is 2.19. The van der Waals surface area contributed by atoms with Crippen LogP contribution in [-0.4, -0.2) is 24.6 Å². The SMILES string of the molecule is CN(CCC(Oc1cccc2ccccc12)c1cccs1)C(=O)Oc1ccccc1. The number of hydrogen-bond acceptors (Lipinski definition) is 4. The predicted octanol–water partition coefficient (Wildman–Crippen LogP) is 6.54. The van der Waals surface area contributed by atoms with E-state index in [0.717, 1.165) is 21.4 Å². The van der Waals surface area contributed by atoms with E-state index >= 15 is 0 Å². The van der Waals surface area contributed by atoms with E-state index in [1.807, 2.05) is 53.9 Å². The number of fused-ring (bicyclic) bond motifs is 1. The Bertz CT molecular complexity index is 1090. The van der Waals surface area contributed by atoms with Crippen LogP contribution in [0.25, 0.3) is 10.8 Å². The minimum absolute atomic E-state index is 0.150. The molecule has 1 atom stereocenters. The van der Waals surface area contributed by atoms with Crippen LogP contribution < -0.4 is 9.47 Å². The molecule has 0 fully saturated rings. The molecule has 1 aromatic heterocycles. The molecule has 0 spiro atoms. The van der Waals surface area contributed by atoms with Crippen LogP contribution >= 0.6 is 11.3 Å². The van der Waals surface area contributed by atoms with Gasteiger partial charge in [0.25, 0.3) is 0 Å². The van der Waals surface area contributed by atoms with E-state index in [0.29, 0.717) is 18.7 Å². The molecule has 4 rings (SSSR count). The molecule has 5 heteroatoms. The second kappa shape index (κ2) is 9.46. The van der Waals surface area contributed by atoms with Gasteiger partial charge >= 0.3 is 6.09 Å². The molecular formula is C25H23NO3S. The van der Waals surface area contributed by atoms with Gasteiger partial charge in [0.15, 0.2) is 0 Å². The molecule has 1 amide bonds. The van der Waals surface area contributed by atoms with Crippen molar-refractivity contribution in [1.82, 2.24) is 4.90 Å². The molecule has 0 bridgehead atoms. The Morgan fingerprint density at radius 2 is 1.70 bits per heavy atom. The molecule has 1 unspecified atom stereocenters. The monoisotopic (exact) mass is 417 g/mol. The van der Waals surface area contributed by atoms with Gasteiger partial charge in [-0.3, -0.25) is 0 Å². The van der Waals surface area contributed by atoms with Gasteiger partial charge in [-0.15, -0.1) is 11.3 Å². The molecule has 0 aliphatic carbocycles. The molecule has 152 valence electrons. The number of thiophene rings is 1. The van der Waals surface area contributed by atoms with E-state index in [1.54, 1.807) is 35.4 Å². The summed E-state index contributed by atoms with van der Waals surface area (Å²) < 4.78 is 11.9. The van der Waals surface area contributed by atoms with Crippen molar-refractivity contribution in [3.05, 3.63) is 95.2 Å². The van der Waals surface area contributed by atoms with Crippen molar-refractivity contribution >= 4 is 28.2 Å². The zero-order valence-electron chi connectivity index (χ0n) is 16.7. The Labute approximate surface area is 180 Å². The van der Waals surface area contributed by atoms with Crippen LogP contribution in [0.3, 0.4) is 0 Å². The third kappa shape index (κ3) is 4.81. The Morgan fingerprint density at radius 1 is 0.933 bits per heavy atom. The van der Waals surface area contributed by atoms with Crippen molar-refractivity contribution in [2.75, 3.05) is 13.6 Å². The summed E-state index contributed by atoms with van der Waals surface area (Å²) >= 11 is 1.66. The average Bonchev–Trinajstić information content (AvgIpc) is 3.32. The van der Waals surface area contributed by atoms with Gasteiger partial charge in [-0.05, 0) is 35.0 Å². The number of hydrogen-bond donors (Lipinski definition) is 0. The lowest BCUT2D eigenvalue weighted by Gasteiger charge is -2.23. The summed E-state index contributed by atoms with van der Waals surface area (Å²) in [5.41, 5.74) is 0. The highest BCUT2D eigenvalue weighted by atomic mass is 32.1. The lowest BCUT2D eigenvalue weighted by Crippen LogP contribution is -2.31. The first kappa shape index (κ1) is 20.0. The fraction of sp³-hybridized carbons (Fsp3) is 0.160. The number of para-hydroxylation sites is 1. The van der Waals surface area contributed by atoms with Crippen LogP contribution in [-0.2, 0) is 0 Å². The molecule has 30 heavy (non-hydrogen) atoms. The Balaban J connectivity index is 1.46. The summed E-state index contributed by atoms with van der Waals surface area (Å²) in [5, 5.41) is 4.27. The Morgan fingerprint density at radius 3 is 2.50 bits per heavy atom. The standard InChI is InChI=1S/C25H23NO3S/c1-26(25(27)28-20-11-3-2-4-12-20)17-16-23(24-15-8-18-30-24)29-22-14-7-10-19-9-5-6-13-21(19)22/h2-15,18,23H,16-17H2,1H3. The lowest BCUT2D eigenvalue weighted by molar-refractivity contribution is 0.147. The molecule has 0 N–H and O–H groups in total. The van der Waals surface area contributed by atoms with Crippen LogP contribution in [0.2, 0.25) is 0 Å². The zero-order valence-corrected chi connectivity index (χ0v) is 17.5. The third-order valence-corrected chi connectivity index (χ3v) is 5.83. The summed E-state index contributed by atoms with van der Waals surface area (Å²) in [4.78, 5) is 15.1. The van der Waals surface area contributed by atoms with Crippen LogP contribution in [0.5, 0.6) is 11.5 Å². The quantitative estimate of drug-likeness (QED) is 0.343. The van der Waals surface area contributed by atoms with E-state index in [-0.39, 0.29) is 12.2 Å². The van der Waals surface area contributed by atoms with Crippen LogP contribution in [0.15, 0.2) is 90.3 Å². The second-order valence-corrected chi connectivity index (χ2v) is 7.97. The van der Waals surface area contributed by atoms with Gasteiger partial charge in [-0.2, -0.15) is 0 Å². The van der Waals surface area contributed by atoms with Crippen molar-refractivity contribution in [2.45, 2.75) is 12.5 Å². The van der Waals surface area contributed by atoms with Crippen molar-refractivity contribution in [3.63, 3.8) is 0 Å². The zero-order chi connectivity index (χ0) is 20.8. The number of rotatable bonds is 7. The Hall–Kier alpha value is -3.31. The maximum Gasteiger partial charge on any atom is 0.414 e. The van der Waals surface area contributed by atoms with Gasteiger partial charge in [0.2, 0.25) is 0 Å². The maximum absolute atomic E-state index is 12.4. The van der Waals surface area contributed by atoms with Gasteiger partial charge in [0.05, 0.1) is 0 Å². The first-order chi connectivity index (χ1) is 14.7. The highest BCUT2D eigenvalue weighted by molar-refractivity contribution is 7.10. The molecule has 0 aliphatic heterocycles. The summed E-state index contributed by atoms with van der Waals surface area (Å²) in [6.45, 7) is 0.513.